The third-order valence-electron chi connectivity index (χ3n) is 1.62. The molecule has 0 fully saturated rings. The summed E-state index contributed by atoms with van der Waals surface area (Å²) < 4.78 is 0. The van der Waals surface area contributed by atoms with Crippen LogP contribution in [0.3, 0.4) is 0 Å². The fourth-order valence-corrected chi connectivity index (χ4v) is 0.941. The number of benzene rings is 1. The first-order valence-electron chi connectivity index (χ1n) is 3.99. The topological polar surface area (TPSA) is 0 Å². The maximum Gasteiger partial charge on any atom is 0.0270 e. The highest BCUT2D eigenvalue weighted by Gasteiger charge is 1.84. The SMILES string of the molecule is C#CC/C=C/c1ccc(C)cc1. The Labute approximate surface area is 73.9 Å². The molecule has 0 saturated carbocycles. The molecule has 0 spiro atoms. The summed E-state index contributed by atoms with van der Waals surface area (Å²) in [6.45, 7) is 2.08. The van der Waals surface area contributed by atoms with Gasteiger partial charge < -0.3 is 0 Å². The molecule has 0 heterocycles. The Bertz CT molecular complexity index is 296. The molecule has 0 heteroatoms. The molecule has 0 amide bonds. The van der Waals surface area contributed by atoms with Crippen LogP contribution in [0, 0.1) is 19.3 Å². The Balaban J connectivity index is 2.66. The highest BCUT2D eigenvalue weighted by Crippen LogP contribution is 2.04. The molecular formula is C12H12. The molecule has 0 aliphatic carbocycles. The van der Waals surface area contributed by atoms with E-state index in [4.69, 9.17) is 6.42 Å². The Morgan fingerprint density at radius 3 is 2.58 bits per heavy atom. The van der Waals surface area contributed by atoms with Gasteiger partial charge in [0.1, 0.15) is 0 Å². The molecule has 0 aliphatic rings. The van der Waals surface area contributed by atoms with Crippen LogP contribution in [-0.2, 0) is 0 Å². The third-order valence-corrected chi connectivity index (χ3v) is 1.62. The minimum atomic E-state index is 0.702. The van der Waals surface area contributed by atoms with Gasteiger partial charge in [0, 0.05) is 6.42 Å². The van der Waals surface area contributed by atoms with E-state index in [-0.39, 0.29) is 0 Å². The van der Waals surface area contributed by atoms with Gasteiger partial charge >= 0.3 is 0 Å². The average molecular weight is 156 g/mol. The molecule has 0 aromatic heterocycles. The standard InChI is InChI=1S/C12H12/c1-3-4-5-6-12-9-7-11(2)8-10-12/h1,5-10H,4H2,2H3/b6-5+. The summed E-state index contributed by atoms with van der Waals surface area (Å²) in [7, 11) is 0. The van der Waals surface area contributed by atoms with Gasteiger partial charge in [0.2, 0.25) is 0 Å². The third kappa shape index (κ3) is 2.64. The Morgan fingerprint density at radius 2 is 2.00 bits per heavy atom. The van der Waals surface area contributed by atoms with Crippen LogP contribution < -0.4 is 0 Å². The van der Waals surface area contributed by atoms with Crippen molar-refractivity contribution < 1.29 is 0 Å². The monoisotopic (exact) mass is 156 g/mol. The number of hydrogen-bond donors (Lipinski definition) is 0. The number of hydrogen-bond acceptors (Lipinski definition) is 0. The molecule has 0 radical (unpaired) electrons. The minimum Gasteiger partial charge on any atom is -0.120 e. The van der Waals surface area contributed by atoms with Crippen LogP contribution in [0.2, 0.25) is 0 Å². The fraction of sp³-hybridized carbons (Fsp3) is 0.167. The Morgan fingerprint density at radius 1 is 1.33 bits per heavy atom. The highest BCUT2D eigenvalue weighted by atomic mass is 13.9. The van der Waals surface area contributed by atoms with Crippen molar-refractivity contribution in [2.24, 2.45) is 0 Å². The molecule has 1 aromatic carbocycles. The zero-order chi connectivity index (χ0) is 8.81. The molecule has 0 nitrogen and oxygen atoms in total. The van der Waals surface area contributed by atoms with E-state index in [1.54, 1.807) is 0 Å². The second kappa shape index (κ2) is 4.41. The summed E-state index contributed by atoms with van der Waals surface area (Å²) in [5, 5.41) is 0. The molecule has 0 atom stereocenters. The molecule has 0 unspecified atom stereocenters. The van der Waals surface area contributed by atoms with Crippen LogP contribution in [-0.4, -0.2) is 0 Å². The second-order valence-electron chi connectivity index (χ2n) is 2.72. The number of terminal acetylenes is 1. The summed E-state index contributed by atoms with van der Waals surface area (Å²) in [6, 6.07) is 8.36. The molecule has 1 rings (SSSR count). The van der Waals surface area contributed by atoms with Crippen molar-refractivity contribution in [2.75, 3.05) is 0 Å². The van der Waals surface area contributed by atoms with E-state index in [9.17, 15) is 0 Å². The molecule has 0 aliphatic heterocycles. The second-order valence-corrected chi connectivity index (χ2v) is 2.72. The fourth-order valence-electron chi connectivity index (χ4n) is 0.941. The molecule has 0 saturated heterocycles. The van der Waals surface area contributed by atoms with Crippen molar-refractivity contribution in [3.63, 3.8) is 0 Å². The van der Waals surface area contributed by atoms with Crippen LogP contribution in [0.25, 0.3) is 6.08 Å². The van der Waals surface area contributed by atoms with Gasteiger partial charge in [0.15, 0.2) is 0 Å². The van der Waals surface area contributed by atoms with Gasteiger partial charge in [0.25, 0.3) is 0 Å². The maximum atomic E-state index is 5.12. The lowest BCUT2D eigenvalue weighted by atomic mass is 10.1. The van der Waals surface area contributed by atoms with Gasteiger partial charge in [-0.1, -0.05) is 42.0 Å². The van der Waals surface area contributed by atoms with Gasteiger partial charge in [-0.15, -0.1) is 12.3 Å². The zero-order valence-electron chi connectivity index (χ0n) is 7.25. The van der Waals surface area contributed by atoms with Crippen molar-refractivity contribution in [1.29, 1.82) is 0 Å². The first-order valence-corrected chi connectivity index (χ1v) is 3.99. The largest absolute Gasteiger partial charge is 0.120 e. The molecule has 60 valence electrons. The van der Waals surface area contributed by atoms with E-state index < -0.39 is 0 Å². The summed E-state index contributed by atoms with van der Waals surface area (Å²) in [5.74, 6) is 2.56. The van der Waals surface area contributed by atoms with Crippen molar-refractivity contribution in [3.8, 4) is 12.3 Å². The van der Waals surface area contributed by atoms with E-state index in [0.717, 1.165) is 0 Å². The Kier molecular flexibility index (Phi) is 3.17. The van der Waals surface area contributed by atoms with Crippen molar-refractivity contribution in [2.45, 2.75) is 13.3 Å². The molecule has 0 bridgehead atoms. The number of aryl methyl sites for hydroxylation is 1. The minimum absolute atomic E-state index is 0.702. The molecule has 1 aromatic rings. The zero-order valence-corrected chi connectivity index (χ0v) is 7.25. The molecule has 12 heavy (non-hydrogen) atoms. The molecule has 0 N–H and O–H groups in total. The lowest BCUT2D eigenvalue weighted by molar-refractivity contribution is 1.45. The van der Waals surface area contributed by atoms with Crippen LogP contribution in [0.4, 0.5) is 0 Å². The lowest BCUT2D eigenvalue weighted by Gasteiger charge is -1.93. The van der Waals surface area contributed by atoms with E-state index in [1.165, 1.54) is 11.1 Å². The van der Waals surface area contributed by atoms with E-state index >= 15 is 0 Å². The van der Waals surface area contributed by atoms with Gasteiger partial charge in [-0.3, -0.25) is 0 Å². The van der Waals surface area contributed by atoms with Crippen LogP contribution in [0.15, 0.2) is 30.3 Å². The van der Waals surface area contributed by atoms with Gasteiger partial charge in [-0.25, -0.2) is 0 Å². The van der Waals surface area contributed by atoms with E-state index in [1.807, 2.05) is 12.2 Å². The predicted octanol–water partition coefficient (Wildman–Crippen LogP) is 3.03. The number of allylic oxidation sites excluding steroid dienone is 1. The highest BCUT2D eigenvalue weighted by molar-refractivity contribution is 5.49. The van der Waals surface area contributed by atoms with E-state index in [0.29, 0.717) is 6.42 Å². The predicted molar refractivity (Wildman–Crippen MR) is 53.7 cm³/mol. The van der Waals surface area contributed by atoms with E-state index in [2.05, 4.69) is 37.1 Å². The smallest absolute Gasteiger partial charge is 0.0270 e. The first kappa shape index (κ1) is 8.62. The quantitative estimate of drug-likeness (QED) is 0.577. The van der Waals surface area contributed by atoms with Crippen LogP contribution in [0.5, 0.6) is 0 Å². The van der Waals surface area contributed by atoms with Gasteiger partial charge in [-0.05, 0) is 12.5 Å². The summed E-state index contributed by atoms with van der Waals surface area (Å²) in [5.41, 5.74) is 2.49. The van der Waals surface area contributed by atoms with Crippen molar-refractivity contribution in [1.82, 2.24) is 0 Å². The summed E-state index contributed by atoms with van der Waals surface area (Å²) in [4.78, 5) is 0. The number of rotatable bonds is 2. The van der Waals surface area contributed by atoms with Crippen molar-refractivity contribution in [3.05, 3.63) is 41.5 Å². The average Bonchev–Trinajstić information content (AvgIpc) is 2.09. The maximum absolute atomic E-state index is 5.12. The molecular weight excluding hydrogens is 144 g/mol. The summed E-state index contributed by atoms with van der Waals surface area (Å²) >= 11 is 0. The van der Waals surface area contributed by atoms with Gasteiger partial charge in [-0.2, -0.15) is 0 Å². The summed E-state index contributed by atoms with van der Waals surface area (Å²) in [6.07, 6.45) is 9.85. The normalized spacial score (nSPS) is 10.0. The van der Waals surface area contributed by atoms with Gasteiger partial charge in [0.05, 0.1) is 0 Å². The van der Waals surface area contributed by atoms with Crippen LogP contribution >= 0.6 is 0 Å². The van der Waals surface area contributed by atoms with Crippen LogP contribution in [0.1, 0.15) is 17.5 Å². The first-order chi connectivity index (χ1) is 5.83. The Hall–Kier alpha value is -1.48. The lowest BCUT2D eigenvalue weighted by Crippen LogP contribution is -1.72. The van der Waals surface area contributed by atoms with Crippen molar-refractivity contribution >= 4 is 6.08 Å².